The number of pyridine rings is 1. The summed E-state index contributed by atoms with van der Waals surface area (Å²) in [5.74, 6) is 0.811. The lowest BCUT2D eigenvalue weighted by molar-refractivity contribution is 0.0376. The Bertz CT molecular complexity index is 1190. The Morgan fingerprint density at radius 3 is 2.66 bits per heavy atom. The molecule has 186 valence electrons. The second-order valence-corrected chi connectivity index (χ2v) is 9.34. The largest absolute Gasteiger partial charge is 0.497 e. The van der Waals surface area contributed by atoms with E-state index >= 15 is 0 Å². The fraction of sp³-hybridized carbons (Fsp3) is 0.407. The van der Waals surface area contributed by atoms with Gasteiger partial charge in [-0.05, 0) is 73.4 Å². The number of hydrogen-bond acceptors (Lipinski definition) is 5. The smallest absolute Gasteiger partial charge is 0.253 e. The number of methoxy groups -OCH3 is 1. The summed E-state index contributed by atoms with van der Waals surface area (Å²) in [7, 11) is 1.66. The molecule has 0 bridgehead atoms. The van der Waals surface area contributed by atoms with Crippen LogP contribution in [-0.4, -0.2) is 66.4 Å². The van der Waals surface area contributed by atoms with Gasteiger partial charge in [0.05, 0.1) is 26.9 Å². The first-order chi connectivity index (χ1) is 17.0. The van der Waals surface area contributed by atoms with Crippen LogP contribution in [-0.2, 0) is 17.8 Å². The van der Waals surface area contributed by atoms with Gasteiger partial charge in [-0.15, -0.1) is 0 Å². The standard InChI is InChI=1S/C27H34N4O3S/c1-20-4-9-25-22(16-20)17-23(26(32)29-25)19-31(18-21-5-7-24(33-2)8-6-21)27(35)28-10-3-11-30-12-14-34-15-13-30/h4-9,16-17H,3,10-15,18-19H2,1-2H3,(H,28,35)(H,29,32). The topological polar surface area (TPSA) is 69.8 Å². The predicted molar refractivity (Wildman–Crippen MR) is 144 cm³/mol. The average Bonchev–Trinajstić information content (AvgIpc) is 2.87. The average molecular weight is 495 g/mol. The van der Waals surface area contributed by atoms with Crippen molar-refractivity contribution < 1.29 is 9.47 Å². The lowest BCUT2D eigenvalue weighted by Crippen LogP contribution is -2.42. The number of H-pyrrole nitrogens is 1. The number of rotatable bonds is 9. The molecule has 4 rings (SSSR count). The van der Waals surface area contributed by atoms with Crippen LogP contribution in [0, 0.1) is 6.92 Å². The molecule has 0 atom stereocenters. The molecule has 0 saturated carbocycles. The molecule has 2 aromatic carbocycles. The highest BCUT2D eigenvalue weighted by molar-refractivity contribution is 7.80. The van der Waals surface area contributed by atoms with E-state index in [1.54, 1.807) is 7.11 Å². The van der Waals surface area contributed by atoms with Gasteiger partial charge < -0.3 is 24.7 Å². The zero-order valence-electron chi connectivity index (χ0n) is 20.5. The van der Waals surface area contributed by atoms with E-state index in [9.17, 15) is 4.79 Å². The molecule has 0 aliphatic carbocycles. The molecular weight excluding hydrogens is 460 g/mol. The third-order valence-corrected chi connectivity index (χ3v) is 6.69. The molecule has 2 N–H and O–H groups in total. The van der Waals surface area contributed by atoms with Gasteiger partial charge in [0.2, 0.25) is 0 Å². The number of ether oxygens (including phenoxy) is 2. The van der Waals surface area contributed by atoms with Gasteiger partial charge in [-0.3, -0.25) is 9.69 Å². The monoisotopic (exact) mass is 494 g/mol. The molecule has 8 heteroatoms. The summed E-state index contributed by atoms with van der Waals surface area (Å²) < 4.78 is 10.7. The number of benzene rings is 2. The van der Waals surface area contributed by atoms with Gasteiger partial charge in [-0.1, -0.05) is 23.8 Å². The van der Waals surface area contributed by atoms with Gasteiger partial charge in [-0.25, -0.2) is 0 Å². The highest BCUT2D eigenvalue weighted by Crippen LogP contribution is 2.17. The minimum absolute atomic E-state index is 0.0869. The number of hydrogen-bond donors (Lipinski definition) is 2. The van der Waals surface area contributed by atoms with Crippen LogP contribution in [0.4, 0.5) is 0 Å². The lowest BCUT2D eigenvalue weighted by Gasteiger charge is -2.28. The first-order valence-corrected chi connectivity index (χ1v) is 12.5. The zero-order chi connectivity index (χ0) is 24.6. The Balaban J connectivity index is 1.47. The van der Waals surface area contributed by atoms with Gasteiger partial charge in [0.25, 0.3) is 5.56 Å². The summed E-state index contributed by atoms with van der Waals surface area (Å²) in [6.07, 6.45) is 0.992. The van der Waals surface area contributed by atoms with Crippen LogP contribution in [0.2, 0.25) is 0 Å². The van der Waals surface area contributed by atoms with Crippen LogP contribution in [0.25, 0.3) is 10.9 Å². The molecule has 3 aromatic rings. The number of thiocarbonyl (C=S) groups is 1. The highest BCUT2D eigenvalue weighted by atomic mass is 32.1. The number of nitrogens with one attached hydrogen (secondary N) is 2. The molecule has 2 heterocycles. The van der Waals surface area contributed by atoms with Gasteiger partial charge in [-0.2, -0.15) is 0 Å². The van der Waals surface area contributed by atoms with Crippen molar-refractivity contribution in [2.45, 2.75) is 26.4 Å². The van der Waals surface area contributed by atoms with E-state index in [0.29, 0.717) is 23.8 Å². The van der Waals surface area contributed by atoms with Gasteiger partial charge in [0.15, 0.2) is 5.11 Å². The van der Waals surface area contributed by atoms with Gasteiger partial charge >= 0.3 is 0 Å². The molecule has 0 unspecified atom stereocenters. The molecule has 1 aliphatic rings. The second kappa shape index (κ2) is 12.2. The Labute approximate surface area is 212 Å². The molecule has 1 aromatic heterocycles. The molecule has 1 fully saturated rings. The van der Waals surface area contributed by atoms with Gasteiger partial charge in [0.1, 0.15) is 5.75 Å². The molecule has 1 saturated heterocycles. The minimum atomic E-state index is -0.0869. The normalized spacial score (nSPS) is 14.1. The van der Waals surface area contributed by atoms with E-state index in [1.165, 1.54) is 0 Å². The summed E-state index contributed by atoms with van der Waals surface area (Å²) in [6, 6.07) is 16.0. The van der Waals surface area contributed by atoms with E-state index in [-0.39, 0.29) is 5.56 Å². The molecule has 0 spiro atoms. The zero-order valence-corrected chi connectivity index (χ0v) is 21.3. The van der Waals surface area contributed by atoms with Crippen LogP contribution < -0.4 is 15.6 Å². The van der Waals surface area contributed by atoms with Crippen LogP contribution in [0.5, 0.6) is 5.75 Å². The first-order valence-electron chi connectivity index (χ1n) is 12.1. The van der Waals surface area contributed by atoms with E-state index in [1.807, 2.05) is 42.5 Å². The third kappa shape index (κ3) is 7.04. The van der Waals surface area contributed by atoms with Crippen molar-refractivity contribution in [1.29, 1.82) is 0 Å². The number of aromatic amines is 1. The quantitative estimate of drug-likeness (QED) is 0.349. The van der Waals surface area contributed by atoms with Crippen molar-refractivity contribution in [1.82, 2.24) is 20.1 Å². The summed E-state index contributed by atoms with van der Waals surface area (Å²) >= 11 is 5.80. The second-order valence-electron chi connectivity index (χ2n) is 8.96. The molecular formula is C27H34N4O3S. The lowest BCUT2D eigenvalue weighted by atomic mass is 10.1. The summed E-state index contributed by atoms with van der Waals surface area (Å²) in [5, 5.41) is 5.08. The van der Waals surface area contributed by atoms with Crippen molar-refractivity contribution in [3.63, 3.8) is 0 Å². The van der Waals surface area contributed by atoms with Crippen molar-refractivity contribution in [3.05, 3.63) is 75.6 Å². The Morgan fingerprint density at radius 2 is 1.91 bits per heavy atom. The minimum Gasteiger partial charge on any atom is -0.497 e. The van der Waals surface area contributed by atoms with Crippen molar-refractivity contribution in [2.75, 3.05) is 46.5 Å². The van der Waals surface area contributed by atoms with Crippen LogP contribution in [0.1, 0.15) is 23.1 Å². The number of fused-ring (bicyclic) bond motifs is 1. The maximum absolute atomic E-state index is 12.9. The molecule has 0 radical (unpaired) electrons. The fourth-order valence-electron chi connectivity index (χ4n) is 4.28. The Kier molecular flexibility index (Phi) is 8.74. The molecule has 35 heavy (non-hydrogen) atoms. The van der Waals surface area contributed by atoms with Crippen molar-refractivity contribution in [3.8, 4) is 5.75 Å². The highest BCUT2D eigenvalue weighted by Gasteiger charge is 2.15. The molecule has 1 aliphatic heterocycles. The van der Waals surface area contributed by atoms with Crippen LogP contribution in [0.15, 0.2) is 53.3 Å². The first kappa shape index (κ1) is 25.2. The molecule has 0 amide bonds. The predicted octanol–water partition coefficient (Wildman–Crippen LogP) is 3.44. The maximum Gasteiger partial charge on any atom is 0.253 e. The summed E-state index contributed by atoms with van der Waals surface area (Å²) in [4.78, 5) is 20.4. The number of aromatic nitrogens is 1. The third-order valence-electron chi connectivity index (χ3n) is 6.29. The van der Waals surface area contributed by atoms with Crippen LogP contribution in [0.3, 0.4) is 0 Å². The summed E-state index contributed by atoms with van der Waals surface area (Å²) in [6.45, 7) is 8.43. The van der Waals surface area contributed by atoms with Crippen LogP contribution >= 0.6 is 12.2 Å². The summed E-state index contributed by atoms with van der Waals surface area (Å²) in [5.41, 5.74) is 3.69. The van der Waals surface area contributed by atoms with E-state index < -0.39 is 0 Å². The molecule has 7 nitrogen and oxygen atoms in total. The van der Waals surface area contributed by atoms with Gasteiger partial charge in [0, 0.05) is 37.3 Å². The fourth-order valence-corrected chi connectivity index (χ4v) is 4.51. The maximum atomic E-state index is 12.9. The van der Waals surface area contributed by atoms with E-state index in [4.69, 9.17) is 21.7 Å². The van der Waals surface area contributed by atoms with Crippen molar-refractivity contribution >= 4 is 28.2 Å². The van der Waals surface area contributed by atoms with Crippen molar-refractivity contribution in [2.24, 2.45) is 0 Å². The number of morpholine rings is 1. The van der Waals surface area contributed by atoms with E-state index in [2.05, 4.69) is 33.1 Å². The Morgan fingerprint density at radius 1 is 1.14 bits per heavy atom. The van der Waals surface area contributed by atoms with E-state index in [0.717, 1.165) is 73.6 Å². The Hall–Kier alpha value is -2.94. The number of aryl methyl sites for hydroxylation is 1. The SMILES string of the molecule is COc1ccc(CN(Cc2cc3cc(C)ccc3[nH]c2=O)C(=S)NCCCN2CCOCC2)cc1. The number of nitrogens with zero attached hydrogens (tertiary/aromatic N) is 2.